The van der Waals surface area contributed by atoms with Gasteiger partial charge in [-0.3, -0.25) is 9.59 Å². The van der Waals surface area contributed by atoms with Crippen molar-refractivity contribution >= 4 is 34.8 Å². The molecule has 0 aliphatic heterocycles. The number of halogens is 2. The van der Waals surface area contributed by atoms with Crippen molar-refractivity contribution in [3.05, 3.63) is 51.2 Å². The van der Waals surface area contributed by atoms with Gasteiger partial charge in [0.25, 0.3) is 0 Å². The molecule has 0 bridgehead atoms. The molecule has 0 aliphatic rings. The van der Waals surface area contributed by atoms with E-state index in [1.165, 1.54) is 23.5 Å². The number of nitrogens with one attached hydrogen (secondary N) is 1. The van der Waals surface area contributed by atoms with E-state index in [1.54, 1.807) is 6.20 Å². The number of benzene rings is 1. The summed E-state index contributed by atoms with van der Waals surface area (Å²) in [6, 6.07) is 3.16. The van der Waals surface area contributed by atoms with Crippen LogP contribution in [-0.2, 0) is 16.0 Å². The lowest BCUT2D eigenvalue weighted by atomic mass is 10.0. The van der Waals surface area contributed by atoms with Crippen LogP contribution >= 0.6 is 22.9 Å². The van der Waals surface area contributed by atoms with Crippen molar-refractivity contribution in [3.63, 3.8) is 0 Å². The van der Waals surface area contributed by atoms with E-state index in [0.717, 1.165) is 11.1 Å². The third kappa shape index (κ3) is 5.30. The van der Waals surface area contributed by atoms with Gasteiger partial charge in [0.2, 0.25) is 5.91 Å². The predicted octanol–water partition coefficient (Wildman–Crippen LogP) is 3.20. The molecule has 0 fully saturated rings. The van der Waals surface area contributed by atoms with Crippen molar-refractivity contribution in [1.82, 2.24) is 10.3 Å². The summed E-state index contributed by atoms with van der Waals surface area (Å²) in [6.45, 7) is 0. The van der Waals surface area contributed by atoms with E-state index in [9.17, 15) is 14.0 Å². The summed E-state index contributed by atoms with van der Waals surface area (Å²) in [5, 5.41) is 14.2. The molecule has 0 aliphatic carbocycles. The van der Waals surface area contributed by atoms with Crippen LogP contribution in [0.3, 0.4) is 0 Å². The van der Waals surface area contributed by atoms with E-state index >= 15 is 0 Å². The fourth-order valence-corrected chi connectivity index (χ4v) is 2.76. The van der Waals surface area contributed by atoms with E-state index in [0.29, 0.717) is 12.0 Å². The molecular weight excluding hydrogens is 343 g/mol. The molecule has 2 rings (SSSR count). The number of aryl methyl sites for hydroxylation is 1. The zero-order chi connectivity index (χ0) is 16.8. The SMILES string of the molecule is O=C(O)CC(NC(=O)CCc1nccs1)c1ccc(Cl)c(F)c1. The Balaban J connectivity index is 2.03. The number of aromatic nitrogens is 1. The first kappa shape index (κ1) is 17.4. The highest BCUT2D eigenvalue weighted by Crippen LogP contribution is 2.22. The summed E-state index contributed by atoms with van der Waals surface area (Å²) in [7, 11) is 0. The van der Waals surface area contributed by atoms with E-state index < -0.39 is 17.8 Å². The van der Waals surface area contributed by atoms with E-state index in [4.69, 9.17) is 16.7 Å². The molecule has 2 aromatic rings. The van der Waals surface area contributed by atoms with E-state index in [-0.39, 0.29) is 23.8 Å². The smallest absolute Gasteiger partial charge is 0.305 e. The molecule has 0 radical (unpaired) electrons. The molecule has 0 saturated carbocycles. The first-order chi connectivity index (χ1) is 11.0. The lowest BCUT2D eigenvalue weighted by Gasteiger charge is -2.17. The van der Waals surface area contributed by atoms with Gasteiger partial charge < -0.3 is 10.4 Å². The molecule has 1 heterocycles. The van der Waals surface area contributed by atoms with Crippen molar-refractivity contribution < 1.29 is 19.1 Å². The molecule has 23 heavy (non-hydrogen) atoms. The summed E-state index contributed by atoms with van der Waals surface area (Å²) in [4.78, 5) is 27.1. The van der Waals surface area contributed by atoms with Gasteiger partial charge in [0, 0.05) is 24.4 Å². The fraction of sp³-hybridized carbons (Fsp3) is 0.267. The molecule has 2 N–H and O–H groups in total. The molecule has 0 spiro atoms. The topological polar surface area (TPSA) is 79.3 Å². The molecule has 1 atom stereocenters. The number of hydrogen-bond donors (Lipinski definition) is 2. The van der Waals surface area contributed by atoms with E-state index in [2.05, 4.69) is 10.3 Å². The number of rotatable bonds is 7. The van der Waals surface area contributed by atoms with Crippen LogP contribution in [0.15, 0.2) is 29.8 Å². The summed E-state index contributed by atoms with van der Waals surface area (Å²) in [5.41, 5.74) is 0.358. The Morgan fingerprint density at radius 2 is 2.22 bits per heavy atom. The molecule has 1 aromatic carbocycles. The lowest BCUT2D eigenvalue weighted by molar-refractivity contribution is -0.137. The highest BCUT2D eigenvalue weighted by atomic mass is 35.5. The van der Waals surface area contributed by atoms with Crippen LogP contribution in [0, 0.1) is 5.82 Å². The Morgan fingerprint density at radius 3 is 2.83 bits per heavy atom. The minimum Gasteiger partial charge on any atom is -0.481 e. The van der Waals surface area contributed by atoms with Crippen LogP contribution in [0.4, 0.5) is 4.39 Å². The standard InChI is InChI=1S/C15H14ClFN2O3S/c16-10-2-1-9(7-11(10)17)12(8-15(21)22)19-13(20)3-4-14-18-5-6-23-14/h1-2,5-7,12H,3-4,8H2,(H,19,20)(H,21,22). The number of thiazole rings is 1. The molecule has 1 unspecified atom stereocenters. The van der Waals surface area contributed by atoms with Gasteiger partial charge >= 0.3 is 5.97 Å². The van der Waals surface area contributed by atoms with Crippen LogP contribution < -0.4 is 5.32 Å². The summed E-state index contributed by atoms with van der Waals surface area (Å²) in [6.07, 6.45) is 1.96. The van der Waals surface area contributed by atoms with E-state index in [1.807, 2.05) is 5.38 Å². The third-order valence-electron chi connectivity index (χ3n) is 3.11. The second kappa shape index (κ2) is 8.03. The first-order valence-electron chi connectivity index (χ1n) is 6.80. The molecule has 122 valence electrons. The first-order valence-corrected chi connectivity index (χ1v) is 8.06. The maximum absolute atomic E-state index is 13.5. The number of carboxylic acids is 1. The zero-order valence-electron chi connectivity index (χ0n) is 12.0. The van der Waals surface area contributed by atoms with Crippen LogP contribution in [0.25, 0.3) is 0 Å². The number of amides is 1. The maximum atomic E-state index is 13.5. The molecule has 0 saturated heterocycles. The van der Waals surface area contributed by atoms with Gasteiger partial charge in [-0.25, -0.2) is 9.37 Å². The highest BCUT2D eigenvalue weighted by molar-refractivity contribution is 7.09. The summed E-state index contributed by atoms with van der Waals surface area (Å²) < 4.78 is 13.5. The average molecular weight is 357 g/mol. The van der Waals surface area contributed by atoms with Gasteiger partial charge in [-0.2, -0.15) is 0 Å². The summed E-state index contributed by atoms with van der Waals surface area (Å²) >= 11 is 7.06. The number of carboxylic acid groups (broad SMARTS) is 1. The van der Waals surface area contributed by atoms with Crippen LogP contribution in [0.2, 0.25) is 5.02 Å². The van der Waals surface area contributed by atoms with Crippen LogP contribution in [0.5, 0.6) is 0 Å². The van der Waals surface area contributed by atoms with Crippen molar-refractivity contribution in [2.75, 3.05) is 0 Å². The van der Waals surface area contributed by atoms with Crippen molar-refractivity contribution in [3.8, 4) is 0 Å². The Hall–Kier alpha value is -1.99. The number of carbonyl (C=O) groups is 2. The minimum absolute atomic E-state index is 0.0575. The predicted molar refractivity (Wildman–Crippen MR) is 85.0 cm³/mol. The highest BCUT2D eigenvalue weighted by Gasteiger charge is 2.19. The van der Waals surface area contributed by atoms with Gasteiger partial charge in [0.05, 0.1) is 22.5 Å². The summed E-state index contributed by atoms with van der Waals surface area (Å²) in [5.74, 6) is -2.07. The minimum atomic E-state index is -1.09. The third-order valence-corrected chi connectivity index (χ3v) is 4.26. The van der Waals surface area contributed by atoms with Crippen molar-refractivity contribution in [1.29, 1.82) is 0 Å². The van der Waals surface area contributed by atoms with Crippen molar-refractivity contribution in [2.45, 2.75) is 25.3 Å². The normalized spacial score (nSPS) is 11.9. The quantitative estimate of drug-likeness (QED) is 0.798. The Morgan fingerprint density at radius 1 is 1.43 bits per heavy atom. The van der Waals surface area contributed by atoms with Gasteiger partial charge in [0.15, 0.2) is 0 Å². The van der Waals surface area contributed by atoms with Crippen molar-refractivity contribution in [2.24, 2.45) is 0 Å². The average Bonchev–Trinajstić information content (AvgIpc) is 3.00. The Labute approximate surface area is 141 Å². The number of hydrogen-bond acceptors (Lipinski definition) is 4. The van der Waals surface area contributed by atoms with Gasteiger partial charge in [0.1, 0.15) is 5.82 Å². The second-order valence-corrected chi connectivity index (χ2v) is 6.20. The monoisotopic (exact) mass is 356 g/mol. The largest absolute Gasteiger partial charge is 0.481 e. The van der Waals surface area contributed by atoms with Gasteiger partial charge in [-0.1, -0.05) is 17.7 Å². The molecule has 8 heteroatoms. The van der Waals surface area contributed by atoms with Gasteiger partial charge in [-0.05, 0) is 17.7 Å². The number of carbonyl (C=O) groups excluding carboxylic acids is 1. The lowest BCUT2D eigenvalue weighted by Crippen LogP contribution is -2.30. The molecule has 5 nitrogen and oxygen atoms in total. The van der Waals surface area contributed by atoms with Gasteiger partial charge in [-0.15, -0.1) is 11.3 Å². The Kier molecular flexibility index (Phi) is 6.06. The number of aliphatic carboxylic acids is 1. The molecular formula is C15H14ClFN2O3S. The number of nitrogens with zero attached hydrogens (tertiary/aromatic N) is 1. The maximum Gasteiger partial charge on any atom is 0.305 e. The zero-order valence-corrected chi connectivity index (χ0v) is 13.5. The van der Waals surface area contributed by atoms with Crippen LogP contribution in [0.1, 0.15) is 29.5 Å². The second-order valence-electron chi connectivity index (χ2n) is 4.82. The molecule has 1 amide bonds. The fourth-order valence-electron chi connectivity index (χ4n) is 2.02. The van der Waals surface area contributed by atoms with Crippen LogP contribution in [-0.4, -0.2) is 22.0 Å². The Bertz CT molecular complexity index is 694. The molecule has 1 aromatic heterocycles.